The maximum absolute atomic E-state index is 13.4. The number of carbonyl (C=O) groups is 2. The molecule has 198 valence electrons. The number of aryl methyl sites for hydroxylation is 2. The van der Waals surface area contributed by atoms with E-state index >= 15 is 0 Å². The average molecular weight is 536 g/mol. The van der Waals surface area contributed by atoms with Crippen LogP contribution in [0.4, 0.5) is 5.69 Å². The number of amides is 2. The number of nitrogens with zero attached hydrogens (tertiary/aromatic N) is 2. The van der Waals surface area contributed by atoms with Gasteiger partial charge in [-0.3, -0.25) is 13.9 Å². The standard InChI is InChI=1S/C27H38ClN3O4S/c1-7-21(4)29-27(33)22(5)30(18-23-10-8-11-24(28)17-23)26(32)12-9-13-31(36(6,34)35)25-15-19(2)14-20(3)16-25/h8,10-11,14-17,21-22H,7,9,12-13,18H2,1-6H3,(H,29,33)/t21-,22+/m0/s1. The van der Waals surface area contributed by atoms with Crippen LogP contribution < -0.4 is 9.62 Å². The highest BCUT2D eigenvalue weighted by molar-refractivity contribution is 7.92. The Morgan fingerprint density at radius 1 is 1.06 bits per heavy atom. The molecule has 0 aliphatic heterocycles. The van der Waals surface area contributed by atoms with Gasteiger partial charge in [0.15, 0.2) is 0 Å². The van der Waals surface area contributed by atoms with Crippen LogP contribution >= 0.6 is 11.6 Å². The second-order valence-electron chi connectivity index (χ2n) is 9.43. The Morgan fingerprint density at radius 2 is 1.69 bits per heavy atom. The van der Waals surface area contributed by atoms with Crippen molar-refractivity contribution in [3.05, 3.63) is 64.2 Å². The van der Waals surface area contributed by atoms with Crippen molar-refractivity contribution in [1.82, 2.24) is 10.2 Å². The minimum atomic E-state index is -3.54. The Balaban J connectivity index is 2.20. The normalized spacial score (nSPS) is 13.1. The number of sulfonamides is 1. The van der Waals surface area contributed by atoms with E-state index < -0.39 is 16.1 Å². The second kappa shape index (κ2) is 13.1. The molecule has 2 atom stereocenters. The largest absolute Gasteiger partial charge is 0.352 e. The quantitative estimate of drug-likeness (QED) is 0.421. The van der Waals surface area contributed by atoms with Crippen LogP contribution in [0.25, 0.3) is 0 Å². The van der Waals surface area contributed by atoms with Gasteiger partial charge in [-0.1, -0.05) is 36.7 Å². The molecule has 2 amide bonds. The lowest BCUT2D eigenvalue weighted by Gasteiger charge is -2.30. The van der Waals surface area contributed by atoms with Crippen LogP contribution in [0, 0.1) is 13.8 Å². The zero-order chi connectivity index (χ0) is 27.0. The van der Waals surface area contributed by atoms with Gasteiger partial charge in [-0.2, -0.15) is 0 Å². The Hall–Kier alpha value is -2.58. The highest BCUT2D eigenvalue weighted by atomic mass is 35.5. The third-order valence-corrected chi connectivity index (χ3v) is 7.49. The van der Waals surface area contributed by atoms with Crippen molar-refractivity contribution >= 4 is 39.1 Å². The number of hydrogen-bond acceptors (Lipinski definition) is 4. The maximum atomic E-state index is 13.4. The van der Waals surface area contributed by atoms with Crippen molar-refractivity contribution in [3.63, 3.8) is 0 Å². The fourth-order valence-electron chi connectivity index (χ4n) is 3.98. The fraction of sp³-hybridized carbons (Fsp3) is 0.481. The molecule has 36 heavy (non-hydrogen) atoms. The summed E-state index contributed by atoms with van der Waals surface area (Å²) in [7, 11) is -3.54. The fourth-order valence-corrected chi connectivity index (χ4v) is 5.14. The lowest BCUT2D eigenvalue weighted by atomic mass is 10.1. The third-order valence-electron chi connectivity index (χ3n) is 6.06. The molecule has 0 radical (unpaired) electrons. The van der Waals surface area contributed by atoms with E-state index in [0.29, 0.717) is 17.1 Å². The Bertz CT molecular complexity index is 1150. The first-order chi connectivity index (χ1) is 16.8. The molecule has 0 unspecified atom stereocenters. The average Bonchev–Trinajstić information content (AvgIpc) is 2.78. The molecule has 0 spiro atoms. The summed E-state index contributed by atoms with van der Waals surface area (Å²) >= 11 is 6.13. The van der Waals surface area contributed by atoms with E-state index in [1.807, 2.05) is 52.0 Å². The number of nitrogens with one attached hydrogen (secondary N) is 1. The molecule has 2 rings (SSSR count). The van der Waals surface area contributed by atoms with Gasteiger partial charge in [-0.15, -0.1) is 0 Å². The van der Waals surface area contributed by atoms with Crippen LogP contribution in [0.1, 0.15) is 56.7 Å². The maximum Gasteiger partial charge on any atom is 0.242 e. The lowest BCUT2D eigenvalue weighted by Crippen LogP contribution is -2.49. The van der Waals surface area contributed by atoms with E-state index in [-0.39, 0.29) is 37.4 Å². The molecule has 0 aromatic heterocycles. The van der Waals surface area contributed by atoms with E-state index in [9.17, 15) is 18.0 Å². The molecular formula is C27H38ClN3O4S. The van der Waals surface area contributed by atoms with E-state index in [4.69, 9.17) is 11.6 Å². The molecule has 0 bridgehead atoms. The van der Waals surface area contributed by atoms with E-state index in [1.54, 1.807) is 25.1 Å². The van der Waals surface area contributed by atoms with E-state index in [2.05, 4.69) is 5.32 Å². The van der Waals surface area contributed by atoms with Gasteiger partial charge in [-0.05, 0) is 81.5 Å². The van der Waals surface area contributed by atoms with Gasteiger partial charge < -0.3 is 10.2 Å². The first-order valence-corrected chi connectivity index (χ1v) is 14.4. The van der Waals surface area contributed by atoms with Gasteiger partial charge in [0.2, 0.25) is 21.8 Å². The molecule has 1 N–H and O–H groups in total. The first kappa shape index (κ1) is 29.6. The third kappa shape index (κ3) is 8.82. The number of carbonyl (C=O) groups excluding carboxylic acids is 2. The minimum absolute atomic E-state index is 0.0100. The summed E-state index contributed by atoms with van der Waals surface area (Å²) in [5.74, 6) is -0.455. The van der Waals surface area contributed by atoms with Crippen LogP contribution in [0.2, 0.25) is 5.02 Å². The van der Waals surface area contributed by atoms with Gasteiger partial charge in [0.25, 0.3) is 0 Å². The summed E-state index contributed by atoms with van der Waals surface area (Å²) < 4.78 is 26.4. The van der Waals surface area contributed by atoms with Crippen molar-refractivity contribution in [1.29, 1.82) is 0 Å². The zero-order valence-corrected chi connectivity index (χ0v) is 23.6. The highest BCUT2D eigenvalue weighted by Gasteiger charge is 2.27. The predicted octanol–water partition coefficient (Wildman–Crippen LogP) is 4.84. The predicted molar refractivity (Wildman–Crippen MR) is 147 cm³/mol. The van der Waals surface area contributed by atoms with Gasteiger partial charge in [0.05, 0.1) is 11.9 Å². The van der Waals surface area contributed by atoms with Gasteiger partial charge in [0.1, 0.15) is 6.04 Å². The minimum Gasteiger partial charge on any atom is -0.352 e. The Morgan fingerprint density at radius 3 is 2.25 bits per heavy atom. The summed E-state index contributed by atoms with van der Waals surface area (Å²) in [4.78, 5) is 27.7. The molecular weight excluding hydrogens is 498 g/mol. The molecule has 0 aliphatic carbocycles. The summed E-state index contributed by atoms with van der Waals surface area (Å²) in [6, 6.07) is 12.1. The molecule has 9 heteroatoms. The van der Waals surface area contributed by atoms with Gasteiger partial charge in [-0.25, -0.2) is 8.42 Å². The van der Waals surface area contributed by atoms with Crippen molar-refractivity contribution in [3.8, 4) is 0 Å². The summed E-state index contributed by atoms with van der Waals surface area (Å²) in [6.45, 7) is 9.82. The summed E-state index contributed by atoms with van der Waals surface area (Å²) in [5, 5.41) is 3.49. The van der Waals surface area contributed by atoms with Gasteiger partial charge >= 0.3 is 0 Å². The molecule has 2 aromatic carbocycles. The van der Waals surface area contributed by atoms with Crippen LogP contribution in [0.3, 0.4) is 0 Å². The molecule has 0 aliphatic rings. The van der Waals surface area contributed by atoms with Crippen LogP contribution in [0.15, 0.2) is 42.5 Å². The van der Waals surface area contributed by atoms with Crippen LogP contribution in [-0.4, -0.2) is 50.0 Å². The number of halogens is 1. The van der Waals surface area contributed by atoms with Gasteiger partial charge in [0, 0.05) is 30.6 Å². The lowest BCUT2D eigenvalue weighted by molar-refractivity contribution is -0.140. The molecule has 0 saturated heterocycles. The van der Waals surface area contributed by atoms with Crippen LogP contribution in [0.5, 0.6) is 0 Å². The second-order valence-corrected chi connectivity index (χ2v) is 11.8. The molecule has 2 aromatic rings. The SMILES string of the molecule is CC[C@H](C)NC(=O)[C@@H](C)N(Cc1cccc(Cl)c1)C(=O)CCCN(c1cc(C)cc(C)c1)S(C)(=O)=O. The van der Waals surface area contributed by atoms with E-state index in [1.165, 1.54) is 15.5 Å². The monoisotopic (exact) mass is 535 g/mol. The Labute approximate surface area is 220 Å². The van der Waals surface area contributed by atoms with Crippen molar-refractivity contribution in [2.24, 2.45) is 0 Å². The zero-order valence-electron chi connectivity index (χ0n) is 22.0. The number of hydrogen-bond donors (Lipinski definition) is 1. The number of anilines is 1. The number of benzene rings is 2. The highest BCUT2D eigenvalue weighted by Crippen LogP contribution is 2.22. The molecule has 7 nitrogen and oxygen atoms in total. The van der Waals surface area contributed by atoms with E-state index in [0.717, 1.165) is 23.1 Å². The van der Waals surface area contributed by atoms with Crippen molar-refractivity contribution in [2.45, 2.75) is 72.5 Å². The summed E-state index contributed by atoms with van der Waals surface area (Å²) in [6.07, 6.45) is 2.35. The Kier molecular flexibility index (Phi) is 10.8. The number of rotatable bonds is 12. The topological polar surface area (TPSA) is 86.8 Å². The summed E-state index contributed by atoms with van der Waals surface area (Å²) in [5.41, 5.74) is 3.32. The van der Waals surface area contributed by atoms with Crippen LogP contribution in [-0.2, 0) is 26.2 Å². The molecule has 0 saturated carbocycles. The molecule has 0 fully saturated rings. The first-order valence-electron chi connectivity index (χ1n) is 12.2. The molecule has 0 heterocycles. The van der Waals surface area contributed by atoms with Crippen molar-refractivity contribution < 1.29 is 18.0 Å². The smallest absolute Gasteiger partial charge is 0.242 e. The van der Waals surface area contributed by atoms with Crippen molar-refractivity contribution in [2.75, 3.05) is 17.1 Å².